The van der Waals surface area contributed by atoms with E-state index in [4.69, 9.17) is 4.74 Å². The molecule has 0 radical (unpaired) electrons. The molecule has 2 fully saturated rings. The molecule has 0 aromatic rings. The number of hydrogen-bond donors (Lipinski definition) is 2. The Morgan fingerprint density at radius 3 is 2.54 bits per heavy atom. The van der Waals surface area contributed by atoms with Crippen LogP contribution in [0.5, 0.6) is 0 Å². The van der Waals surface area contributed by atoms with Crippen LogP contribution < -0.4 is 10.6 Å². The Kier molecular flexibility index (Phi) is 10.9. The molecule has 0 aliphatic carbocycles. The van der Waals surface area contributed by atoms with E-state index in [2.05, 4.69) is 20.4 Å². The Hall–Kier alpha value is -0.400. The van der Waals surface area contributed by atoms with Crippen molar-refractivity contribution in [3.8, 4) is 0 Å². The molecule has 1 atom stereocenters. The molecule has 2 aliphatic heterocycles. The van der Waals surface area contributed by atoms with Crippen molar-refractivity contribution in [2.45, 2.75) is 32.2 Å². The maximum Gasteiger partial charge on any atom is 0.237 e. The van der Waals surface area contributed by atoms with Crippen molar-refractivity contribution in [2.24, 2.45) is 5.92 Å². The van der Waals surface area contributed by atoms with E-state index in [1.165, 1.54) is 32.5 Å². The molecule has 24 heavy (non-hydrogen) atoms. The first-order valence-electron chi connectivity index (χ1n) is 9.14. The summed E-state index contributed by atoms with van der Waals surface area (Å²) in [5.74, 6) is 0.997. The number of piperazine rings is 1. The highest BCUT2D eigenvalue weighted by Gasteiger charge is 2.26. The van der Waals surface area contributed by atoms with Gasteiger partial charge in [0.15, 0.2) is 0 Å². The van der Waals surface area contributed by atoms with Crippen LogP contribution in [0.1, 0.15) is 26.2 Å². The number of carbonyl (C=O) groups excluding carboxylic acids is 1. The van der Waals surface area contributed by atoms with E-state index in [-0.39, 0.29) is 24.4 Å². The lowest BCUT2D eigenvalue weighted by Gasteiger charge is -2.39. The number of rotatable bonds is 8. The van der Waals surface area contributed by atoms with Crippen LogP contribution in [-0.4, -0.2) is 87.8 Å². The van der Waals surface area contributed by atoms with Crippen molar-refractivity contribution in [1.82, 2.24) is 20.4 Å². The van der Waals surface area contributed by atoms with Gasteiger partial charge in [-0.05, 0) is 45.2 Å². The largest absolute Gasteiger partial charge is 0.385 e. The zero-order chi connectivity index (χ0) is 16.5. The van der Waals surface area contributed by atoms with Crippen LogP contribution in [0, 0.1) is 5.92 Å². The number of hydrogen-bond acceptors (Lipinski definition) is 5. The van der Waals surface area contributed by atoms with E-state index in [0.29, 0.717) is 13.2 Å². The van der Waals surface area contributed by atoms with E-state index in [0.717, 1.165) is 38.5 Å². The standard InChI is InChI=1S/C17H34N4O2.ClH/c1-15(17(22)19-6-3-13-23-2)21-11-9-20(10-12-21)14-16-4-7-18-8-5-16;/h15-16,18H,3-14H2,1-2H3,(H,19,22);1H. The molecule has 1 amide bonds. The van der Waals surface area contributed by atoms with Gasteiger partial charge in [0, 0.05) is 53.0 Å². The van der Waals surface area contributed by atoms with Crippen molar-refractivity contribution in [3.05, 3.63) is 0 Å². The van der Waals surface area contributed by atoms with Crippen molar-refractivity contribution in [1.29, 1.82) is 0 Å². The van der Waals surface area contributed by atoms with Crippen LogP contribution in [0.3, 0.4) is 0 Å². The molecular formula is C17H35ClN4O2. The van der Waals surface area contributed by atoms with Gasteiger partial charge in [-0.15, -0.1) is 12.4 Å². The number of methoxy groups -OCH3 is 1. The molecule has 2 aliphatic rings. The molecule has 142 valence electrons. The maximum absolute atomic E-state index is 12.2. The lowest BCUT2D eigenvalue weighted by Crippen LogP contribution is -2.54. The molecule has 2 N–H and O–H groups in total. The van der Waals surface area contributed by atoms with E-state index in [1.54, 1.807) is 7.11 Å². The summed E-state index contributed by atoms with van der Waals surface area (Å²) in [6.45, 7) is 11.2. The summed E-state index contributed by atoms with van der Waals surface area (Å²) >= 11 is 0. The molecule has 2 saturated heterocycles. The number of nitrogens with one attached hydrogen (secondary N) is 2. The smallest absolute Gasteiger partial charge is 0.237 e. The summed E-state index contributed by atoms with van der Waals surface area (Å²) in [6, 6.07) is -0.0291. The first-order chi connectivity index (χ1) is 11.2. The van der Waals surface area contributed by atoms with Crippen molar-refractivity contribution >= 4 is 18.3 Å². The Morgan fingerprint density at radius 1 is 1.25 bits per heavy atom. The fraction of sp³-hybridized carbons (Fsp3) is 0.941. The van der Waals surface area contributed by atoms with Crippen LogP contribution in [0.15, 0.2) is 0 Å². The van der Waals surface area contributed by atoms with Gasteiger partial charge in [0.1, 0.15) is 0 Å². The molecule has 0 spiro atoms. The van der Waals surface area contributed by atoms with Gasteiger partial charge >= 0.3 is 0 Å². The Labute approximate surface area is 153 Å². The summed E-state index contributed by atoms with van der Waals surface area (Å²) in [5.41, 5.74) is 0. The zero-order valence-electron chi connectivity index (χ0n) is 15.3. The highest BCUT2D eigenvalue weighted by Crippen LogP contribution is 2.15. The quantitative estimate of drug-likeness (QED) is 0.618. The minimum atomic E-state index is -0.0291. The molecule has 7 heteroatoms. The van der Waals surface area contributed by atoms with Crippen LogP contribution >= 0.6 is 12.4 Å². The van der Waals surface area contributed by atoms with E-state index >= 15 is 0 Å². The molecule has 0 saturated carbocycles. The topological polar surface area (TPSA) is 56.8 Å². The van der Waals surface area contributed by atoms with E-state index < -0.39 is 0 Å². The number of halogens is 1. The van der Waals surface area contributed by atoms with Gasteiger partial charge < -0.3 is 20.3 Å². The second-order valence-corrected chi connectivity index (χ2v) is 6.84. The first-order valence-corrected chi connectivity index (χ1v) is 9.14. The summed E-state index contributed by atoms with van der Waals surface area (Å²) in [7, 11) is 1.69. The lowest BCUT2D eigenvalue weighted by atomic mass is 9.97. The molecule has 6 nitrogen and oxygen atoms in total. The Morgan fingerprint density at radius 2 is 1.92 bits per heavy atom. The third-order valence-electron chi connectivity index (χ3n) is 5.13. The lowest BCUT2D eigenvalue weighted by molar-refractivity contribution is -0.126. The monoisotopic (exact) mass is 362 g/mol. The molecule has 2 rings (SSSR count). The number of nitrogens with zero attached hydrogens (tertiary/aromatic N) is 2. The summed E-state index contributed by atoms with van der Waals surface area (Å²) < 4.78 is 5.00. The van der Waals surface area contributed by atoms with Crippen molar-refractivity contribution < 1.29 is 9.53 Å². The molecule has 2 heterocycles. The fourth-order valence-electron chi connectivity index (χ4n) is 3.50. The van der Waals surface area contributed by atoms with Crippen molar-refractivity contribution in [2.75, 3.05) is 66.1 Å². The summed E-state index contributed by atoms with van der Waals surface area (Å²) in [6.07, 6.45) is 3.49. The average molecular weight is 363 g/mol. The van der Waals surface area contributed by atoms with Crippen LogP contribution in [0.25, 0.3) is 0 Å². The third kappa shape index (κ3) is 7.23. The Balaban J connectivity index is 0.00000288. The van der Waals surface area contributed by atoms with Crippen LogP contribution in [0.4, 0.5) is 0 Å². The van der Waals surface area contributed by atoms with Gasteiger partial charge in [-0.1, -0.05) is 0 Å². The van der Waals surface area contributed by atoms with Gasteiger partial charge in [-0.3, -0.25) is 9.69 Å². The minimum absolute atomic E-state index is 0. The van der Waals surface area contributed by atoms with Crippen LogP contribution in [-0.2, 0) is 9.53 Å². The molecule has 0 bridgehead atoms. The summed E-state index contributed by atoms with van der Waals surface area (Å²) in [4.78, 5) is 17.1. The first kappa shape index (κ1) is 21.6. The molecule has 0 aromatic heterocycles. The third-order valence-corrected chi connectivity index (χ3v) is 5.13. The highest BCUT2D eigenvalue weighted by atomic mass is 35.5. The van der Waals surface area contributed by atoms with Gasteiger partial charge in [0.2, 0.25) is 5.91 Å². The van der Waals surface area contributed by atoms with Gasteiger partial charge in [-0.2, -0.15) is 0 Å². The fourth-order valence-corrected chi connectivity index (χ4v) is 3.50. The van der Waals surface area contributed by atoms with Gasteiger partial charge in [0.25, 0.3) is 0 Å². The maximum atomic E-state index is 12.2. The second kappa shape index (κ2) is 12.0. The number of amides is 1. The second-order valence-electron chi connectivity index (χ2n) is 6.84. The summed E-state index contributed by atoms with van der Waals surface area (Å²) in [5, 5.41) is 6.44. The Bertz CT molecular complexity index is 345. The SMILES string of the molecule is COCCCNC(=O)C(C)N1CCN(CC2CCNCC2)CC1.Cl. The van der Waals surface area contributed by atoms with Crippen LogP contribution in [0.2, 0.25) is 0 Å². The number of carbonyl (C=O) groups is 1. The molecule has 0 aromatic carbocycles. The normalized spacial score (nSPS) is 21.9. The van der Waals surface area contributed by atoms with E-state index in [9.17, 15) is 4.79 Å². The van der Waals surface area contributed by atoms with E-state index in [1.807, 2.05) is 6.92 Å². The average Bonchev–Trinajstić information content (AvgIpc) is 2.59. The molecule has 1 unspecified atom stereocenters. The van der Waals surface area contributed by atoms with Gasteiger partial charge in [0.05, 0.1) is 6.04 Å². The zero-order valence-corrected chi connectivity index (χ0v) is 16.1. The minimum Gasteiger partial charge on any atom is -0.385 e. The van der Waals surface area contributed by atoms with Crippen molar-refractivity contribution in [3.63, 3.8) is 0 Å². The predicted molar refractivity (Wildman–Crippen MR) is 99.8 cm³/mol. The molecular weight excluding hydrogens is 328 g/mol. The number of piperidine rings is 1. The van der Waals surface area contributed by atoms with Gasteiger partial charge in [-0.25, -0.2) is 0 Å². The number of ether oxygens (including phenoxy) is 1. The predicted octanol–water partition coefficient (Wildman–Crippen LogP) is 0.567. The highest BCUT2D eigenvalue weighted by molar-refractivity contribution is 5.85.